The van der Waals surface area contributed by atoms with Gasteiger partial charge in [-0.15, -0.1) is 0 Å². The molecule has 0 fully saturated rings. The fraction of sp³-hybridized carbons (Fsp3) is 0.111. The first-order valence-electron chi connectivity index (χ1n) is 7.28. The molecule has 0 aliphatic rings. The fourth-order valence-electron chi connectivity index (χ4n) is 2.40. The number of hydrogen-bond donors (Lipinski definition) is 1. The second-order valence-electron chi connectivity index (χ2n) is 4.84. The third kappa shape index (κ3) is 2.81. The molecule has 0 saturated carbocycles. The highest BCUT2D eigenvalue weighted by atomic mass is 16.5. The van der Waals surface area contributed by atoms with Gasteiger partial charge in [0.05, 0.1) is 12.2 Å². The number of rotatable bonds is 5. The highest BCUT2D eigenvalue weighted by molar-refractivity contribution is 6.01. The van der Waals surface area contributed by atoms with Crippen molar-refractivity contribution in [3.05, 3.63) is 60.5 Å². The van der Waals surface area contributed by atoms with Crippen LogP contribution in [0.15, 0.2) is 59.1 Å². The van der Waals surface area contributed by atoms with Crippen LogP contribution in [0.2, 0.25) is 0 Å². The van der Waals surface area contributed by atoms with E-state index < -0.39 is 5.91 Å². The molecule has 0 saturated heterocycles. The van der Waals surface area contributed by atoms with E-state index in [0.29, 0.717) is 29.4 Å². The molecule has 0 aliphatic heterocycles. The summed E-state index contributed by atoms with van der Waals surface area (Å²) < 4.78 is 11.5. The second-order valence-corrected chi connectivity index (χ2v) is 4.84. The predicted molar refractivity (Wildman–Crippen MR) is 87.1 cm³/mol. The second kappa shape index (κ2) is 6.36. The van der Waals surface area contributed by atoms with E-state index in [1.54, 1.807) is 18.3 Å². The van der Waals surface area contributed by atoms with Crippen molar-refractivity contribution in [1.82, 2.24) is 4.98 Å². The van der Waals surface area contributed by atoms with Gasteiger partial charge in [0.2, 0.25) is 5.76 Å². The molecule has 0 atom stereocenters. The molecule has 23 heavy (non-hydrogen) atoms. The molecular formula is C18H16N2O3. The Morgan fingerprint density at radius 3 is 2.52 bits per heavy atom. The van der Waals surface area contributed by atoms with Crippen LogP contribution in [0.5, 0.6) is 5.75 Å². The van der Waals surface area contributed by atoms with E-state index >= 15 is 0 Å². The van der Waals surface area contributed by atoms with Crippen molar-refractivity contribution < 1.29 is 13.9 Å². The number of benzene rings is 1. The van der Waals surface area contributed by atoms with Gasteiger partial charge in [0.15, 0.2) is 11.5 Å². The number of pyridine rings is 1. The molecule has 3 rings (SSSR count). The van der Waals surface area contributed by atoms with Gasteiger partial charge in [-0.25, -0.2) is 0 Å². The lowest BCUT2D eigenvalue weighted by molar-refractivity contribution is 0.0975. The van der Waals surface area contributed by atoms with E-state index in [-0.39, 0.29) is 5.76 Å². The lowest BCUT2D eigenvalue weighted by atomic mass is 10.0. The zero-order valence-electron chi connectivity index (χ0n) is 12.7. The zero-order chi connectivity index (χ0) is 16.2. The number of nitrogens with zero attached hydrogens (tertiary/aromatic N) is 1. The summed E-state index contributed by atoms with van der Waals surface area (Å²) >= 11 is 0. The molecule has 0 aliphatic carbocycles. The van der Waals surface area contributed by atoms with Gasteiger partial charge in [-0.3, -0.25) is 9.78 Å². The molecule has 0 radical (unpaired) electrons. The molecule has 2 heterocycles. The molecule has 1 aromatic carbocycles. The predicted octanol–water partition coefficient (Wildman–Crippen LogP) is 3.51. The molecule has 116 valence electrons. The van der Waals surface area contributed by atoms with Crippen LogP contribution in [0.4, 0.5) is 0 Å². The van der Waals surface area contributed by atoms with Crippen molar-refractivity contribution in [2.45, 2.75) is 6.92 Å². The summed E-state index contributed by atoms with van der Waals surface area (Å²) in [7, 11) is 0. The minimum Gasteiger partial charge on any atom is -0.489 e. The lowest BCUT2D eigenvalue weighted by Crippen LogP contribution is -2.11. The van der Waals surface area contributed by atoms with E-state index in [0.717, 1.165) is 5.56 Å². The van der Waals surface area contributed by atoms with E-state index in [1.807, 2.05) is 43.3 Å². The van der Waals surface area contributed by atoms with Crippen molar-refractivity contribution in [2.75, 3.05) is 6.61 Å². The number of carbonyl (C=O) groups excluding carboxylic acids is 1. The monoisotopic (exact) mass is 308 g/mol. The maximum Gasteiger partial charge on any atom is 0.285 e. The number of aromatic nitrogens is 1. The van der Waals surface area contributed by atoms with Crippen LogP contribution in [0.25, 0.3) is 22.6 Å². The fourth-order valence-corrected chi connectivity index (χ4v) is 2.40. The van der Waals surface area contributed by atoms with E-state index in [1.165, 1.54) is 0 Å². The summed E-state index contributed by atoms with van der Waals surface area (Å²) in [6.07, 6.45) is 1.65. The van der Waals surface area contributed by atoms with Crippen molar-refractivity contribution in [2.24, 2.45) is 5.73 Å². The van der Waals surface area contributed by atoms with E-state index in [2.05, 4.69) is 4.98 Å². The minimum absolute atomic E-state index is 0.0697. The molecule has 0 spiro atoms. The standard InChI is InChI=1S/C18H16N2O3/c1-2-22-16-14(12-8-4-3-5-9-12)17(18(19)21)23-15(16)13-10-6-7-11-20-13/h3-11H,2H2,1H3,(H2,19,21). The summed E-state index contributed by atoms with van der Waals surface area (Å²) in [6.45, 7) is 2.30. The highest BCUT2D eigenvalue weighted by Gasteiger charge is 2.27. The van der Waals surface area contributed by atoms with Crippen LogP contribution in [0, 0.1) is 0 Å². The Labute approximate surface area is 133 Å². The van der Waals surface area contributed by atoms with Crippen LogP contribution >= 0.6 is 0 Å². The van der Waals surface area contributed by atoms with Gasteiger partial charge in [-0.2, -0.15) is 0 Å². The lowest BCUT2D eigenvalue weighted by Gasteiger charge is -2.07. The Balaban J connectivity index is 2.28. The van der Waals surface area contributed by atoms with Crippen molar-refractivity contribution >= 4 is 5.91 Å². The van der Waals surface area contributed by atoms with Gasteiger partial charge in [0, 0.05) is 6.20 Å². The third-order valence-corrected chi connectivity index (χ3v) is 3.34. The smallest absolute Gasteiger partial charge is 0.285 e. The topological polar surface area (TPSA) is 78.3 Å². The average Bonchev–Trinajstić information content (AvgIpc) is 2.96. The first-order chi connectivity index (χ1) is 11.2. The normalized spacial score (nSPS) is 10.5. The number of amides is 1. The summed E-state index contributed by atoms with van der Waals surface area (Å²) in [5.41, 5.74) is 7.44. The quantitative estimate of drug-likeness (QED) is 0.782. The molecule has 0 bridgehead atoms. The van der Waals surface area contributed by atoms with Gasteiger partial charge in [-0.1, -0.05) is 36.4 Å². The van der Waals surface area contributed by atoms with Gasteiger partial charge >= 0.3 is 0 Å². The van der Waals surface area contributed by atoms with Crippen molar-refractivity contribution in [3.63, 3.8) is 0 Å². The van der Waals surface area contributed by atoms with Crippen molar-refractivity contribution in [1.29, 1.82) is 0 Å². The number of carbonyl (C=O) groups is 1. The molecule has 5 heteroatoms. The Morgan fingerprint density at radius 2 is 1.91 bits per heavy atom. The Kier molecular flexibility index (Phi) is 4.10. The van der Waals surface area contributed by atoms with Crippen LogP contribution in [-0.4, -0.2) is 17.5 Å². The number of primary amides is 1. The summed E-state index contributed by atoms with van der Waals surface area (Å²) in [4.78, 5) is 16.1. The summed E-state index contributed by atoms with van der Waals surface area (Å²) in [5, 5.41) is 0. The number of nitrogens with two attached hydrogens (primary N) is 1. The van der Waals surface area contributed by atoms with Crippen LogP contribution in [0.1, 0.15) is 17.5 Å². The van der Waals surface area contributed by atoms with Gasteiger partial charge < -0.3 is 14.9 Å². The summed E-state index contributed by atoms with van der Waals surface area (Å²) in [5.74, 6) is 0.304. The first kappa shape index (κ1) is 14.8. The Bertz CT molecular complexity index is 811. The van der Waals surface area contributed by atoms with E-state index in [9.17, 15) is 4.79 Å². The Hall–Kier alpha value is -3.08. The summed E-state index contributed by atoms with van der Waals surface area (Å²) in [6, 6.07) is 14.8. The molecule has 2 N–H and O–H groups in total. The first-order valence-corrected chi connectivity index (χ1v) is 7.28. The molecule has 5 nitrogen and oxygen atoms in total. The molecule has 0 unspecified atom stereocenters. The van der Waals surface area contributed by atoms with Gasteiger partial charge in [0.1, 0.15) is 5.69 Å². The number of furan rings is 1. The highest BCUT2D eigenvalue weighted by Crippen LogP contribution is 2.43. The Morgan fingerprint density at radius 1 is 1.17 bits per heavy atom. The largest absolute Gasteiger partial charge is 0.489 e. The minimum atomic E-state index is -0.646. The van der Waals surface area contributed by atoms with Gasteiger partial charge in [-0.05, 0) is 24.6 Å². The van der Waals surface area contributed by atoms with E-state index in [4.69, 9.17) is 14.9 Å². The van der Waals surface area contributed by atoms with Crippen LogP contribution < -0.4 is 10.5 Å². The van der Waals surface area contributed by atoms with Gasteiger partial charge in [0.25, 0.3) is 5.91 Å². The molecule has 2 aromatic heterocycles. The maximum absolute atomic E-state index is 11.8. The number of ether oxygens (including phenoxy) is 1. The van der Waals surface area contributed by atoms with Crippen LogP contribution in [-0.2, 0) is 0 Å². The van der Waals surface area contributed by atoms with Crippen LogP contribution in [0.3, 0.4) is 0 Å². The number of hydrogen-bond acceptors (Lipinski definition) is 4. The molecular weight excluding hydrogens is 292 g/mol. The average molecular weight is 308 g/mol. The molecule has 1 amide bonds. The maximum atomic E-state index is 11.8. The molecule has 3 aromatic rings. The zero-order valence-corrected chi connectivity index (χ0v) is 12.7. The SMILES string of the molecule is CCOc1c(-c2ccccn2)oc(C(N)=O)c1-c1ccccc1. The third-order valence-electron chi connectivity index (χ3n) is 3.34. The van der Waals surface area contributed by atoms with Crippen molar-refractivity contribution in [3.8, 4) is 28.3 Å².